The number of esters is 1. The smallest absolute Gasteiger partial charge is 0.325 e. The number of hydrogen-bond acceptors (Lipinski definition) is 6. The van der Waals surface area contributed by atoms with Crippen molar-refractivity contribution >= 4 is 35.0 Å². The number of amides is 2. The number of methoxy groups -OCH3 is 1. The quantitative estimate of drug-likeness (QED) is 0.562. The summed E-state index contributed by atoms with van der Waals surface area (Å²) < 4.78 is 10.3. The van der Waals surface area contributed by atoms with Crippen molar-refractivity contribution in [3.63, 3.8) is 0 Å². The summed E-state index contributed by atoms with van der Waals surface area (Å²) in [6, 6.07) is 17.0. The van der Waals surface area contributed by atoms with Crippen molar-refractivity contribution in [2.24, 2.45) is 0 Å². The van der Waals surface area contributed by atoms with Crippen molar-refractivity contribution in [1.29, 1.82) is 0 Å². The Balaban J connectivity index is 1.70. The van der Waals surface area contributed by atoms with Crippen LogP contribution in [0.1, 0.15) is 11.1 Å². The highest BCUT2D eigenvalue weighted by molar-refractivity contribution is 8.18. The summed E-state index contributed by atoms with van der Waals surface area (Å²) in [5, 5.41) is -0.492. The molecule has 7 heteroatoms. The zero-order chi connectivity index (χ0) is 19.2. The van der Waals surface area contributed by atoms with E-state index in [1.54, 1.807) is 12.1 Å². The maximum absolute atomic E-state index is 12.3. The summed E-state index contributed by atoms with van der Waals surface area (Å²) in [4.78, 5) is 36.8. The zero-order valence-corrected chi connectivity index (χ0v) is 15.4. The van der Waals surface area contributed by atoms with Gasteiger partial charge in [-0.3, -0.25) is 19.3 Å². The molecule has 2 amide bonds. The summed E-state index contributed by atoms with van der Waals surface area (Å²) in [7, 11) is 1.21. The van der Waals surface area contributed by atoms with Crippen LogP contribution < -0.4 is 4.74 Å². The minimum absolute atomic E-state index is 0.254. The number of hydrogen-bond donors (Lipinski definition) is 0. The Labute approximate surface area is 160 Å². The highest BCUT2D eigenvalue weighted by Gasteiger charge is 2.36. The molecule has 0 bridgehead atoms. The van der Waals surface area contributed by atoms with Crippen LogP contribution in [-0.2, 0) is 20.9 Å². The van der Waals surface area contributed by atoms with Crippen LogP contribution in [0, 0.1) is 0 Å². The second-order valence-corrected chi connectivity index (χ2v) is 6.68. The summed E-state index contributed by atoms with van der Waals surface area (Å²) in [5.41, 5.74) is 1.77. The molecule has 27 heavy (non-hydrogen) atoms. The number of nitrogens with zero attached hydrogens (tertiary/aromatic N) is 1. The molecule has 0 spiro atoms. The SMILES string of the molecule is COC(=O)CN1C(=O)S/C(=C\c2cccc(OCc3ccccc3)c2)C1=O. The van der Waals surface area contributed by atoms with Gasteiger partial charge in [0.1, 0.15) is 18.9 Å². The molecule has 0 radical (unpaired) electrons. The molecule has 6 nitrogen and oxygen atoms in total. The first-order chi connectivity index (χ1) is 13.1. The summed E-state index contributed by atoms with van der Waals surface area (Å²) in [6.45, 7) is 0.0403. The van der Waals surface area contributed by atoms with Gasteiger partial charge >= 0.3 is 5.97 Å². The van der Waals surface area contributed by atoms with Gasteiger partial charge in [0.05, 0.1) is 12.0 Å². The fourth-order valence-electron chi connectivity index (χ4n) is 2.42. The van der Waals surface area contributed by atoms with E-state index in [0.717, 1.165) is 27.8 Å². The Morgan fingerprint density at radius 2 is 1.89 bits per heavy atom. The maximum Gasteiger partial charge on any atom is 0.325 e. The van der Waals surface area contributed by atoms with E-state index in [9.17, 15) is 14.4 Å². The van der Waals surface area contributed by atoms with Gasteiger partial charge in [-0.15, -0.1) is 0 Å². The maximum atomic E-state index is 12.3. The van der Waals surface area contributed by atoms with Crippen LogP contribution in [0.5, 0.6) is 5.75 Å². The van der Waals surface area contributed by atoms with Gasteiger partial charge < -0.3 is 9.47 Å². The largest absolute Gasteiger partial charge is 0.489 e. The molecule has 0 aliphatic carbocycles. The predicted octanol–water partition coefficient (Wildman–Crippen LogP) is 3.47. The lowest BCUT2D eigenvalue weighted by molar-refractivity contribution is -0.143. The molecule has 1 aliphatic heterocycles. The van der Waals surface area contributed by atoms with Crippen LogP contribution in [-0.4, -0.2) is 35.7 Å². The van der Waals surface area contributed by atoms with Gasteiger partial charge in [0.25, 0.3) is 11.1 Å². The Morgan fingerprint density at radius 3 is 2.63 bits per heavy atom. The molecule has 1 saturated heterocycles. The number of benzene rings is 2. The first kappa shape index (κ1) is 18.7. The third-order valence-corrected chi connectivity index (χ3v) is 4.70. The molecule has 1 fully saturated rings. The topological polar surface area (TPSA) is 72.9 Å². The lowest BCUT2D eigenvalue weighted by atomic mass is 10.2. The van der Waals surface area contributed by atoms with Crippen LogP contribution >= 0.6 is 11.8 Å². The lowest BCUT2D eigenvalue weighted by Gasteiger charge is -2.09. The van der Waals surface area contributed by atoms with E-state index in [1.807, 2.05) is 48.5 Å². The highest BCUT2D eigenvalue weighted by Crippen LogP contribution is 2.32. The van der Waals surface area contributed by atoms with Crippen molar-refractivity contribution in [1.82, 2.24) is 4.90 Å². The zero-order valence-electron chi connectivity index (χ0n) is 14.6. The fourth-order valence-corrected chi connectivity index (χ4v) is 3.25. The molecule has 0 N–H and O–H groups in total. The number of rotatable bonds is 6. The molecule has 1 aliphatic rings. The molecular formula is C20H17NO5S. The Hall–Kier alpha value is -3.06. The van der Waals surface area contributed by atoms with Crippen LogP contribution in [0.15, 0.2) is 59.5 Å². The van der Waals surface area contributed by atoms with E-state index in [0.29, 0.717) is 12.4 Å². The molecular weight excluding hydrogens is 366 g/mol. The second kappa shape index (κ2) is 8.55. The molecule has 3 rings (SSSR count). The number of imide groups is 1. The van der Waals surface area contributed by atoms with Gasteiger partial charge in [0.2, 0.25) is 0 Å². The standard InChI is InChI=1S/C20H17NO5S/c1-25-18(22)12-21-19(23)17(27-20(21)24)11-15-8-5-9-16(10-15)26-13-14-6-3-2-4-7-14/h2-11H,12-13H2,1H3/b17-11-. The van der Waals surface area contributed by atoms with Crippen molar-refractivity contribution in [3.05, 3.63) is 70.6 Å². The molecule has 0 saturated carbocycles. The molecule has 2 aromatic carbocycles. The van der Waals surface area contributed by atoms with Gasteiger partial charge in [0, 0.05) is 0 Å². The van der Waals surface area contributed by atoms with Gasteiger partial charge in [-0.1, -0.05) is 42.5 Å². The number of thioether (sulfide) groups is 1. The molecule has 138 valence electrons. The molecule has 2 aromatic rings. The highest BCUT2D eigenvalue weighted by atomic mass is 32.2. The number of carbonyl (C=O) groups excluding carboxylic acids is 3. The molecule has 0 unspecified atom stereocenters. The minimum atomic E-state index is -0.644. The van der Waals surface area contributed by atoms with Crippen molar-refractivity contribution in [2.75, 3.05) is 13.7 Å². The van der Waals surface area contributed by atoms with Crippen LogP contribution in [0.4, 0.5) is 4.79 Å². The van der Waals surface area contributed by atoms with E-state index >= 15 is 0 Å². The van der Waals surface area contributed by atoms with Crippen molar-refractivity contribution < 1.29 is 23.9 Å². The Morgan fingerprint density at radius 1 is 1.11 bits per heavy atom. The first-order valence-corrected chi connectivity index (χ1v) is 8.97. The number of carbonyl (C=O) groups is 3. The minimum Gasteiger partial charge on any atom is -0.489 e. The predicted molar refractivity (Wildman–Crippen MR) is 102 cm³/mol. The van der Waals surface area contributed by atoms with Crippen molar-refractivity contribution in [3.8, 4) is 5.75 Å². The van der Waals surface area contributed by atoms with Crippen molar-refractivity contribution in [2.45, 2.75) is 6.61 Å². The monoisotopic (exact) mass is 383 g/mol. The third kappa shape index (κ3) is 4.77. The Bertz CT molecular complexity index is 894. The fraction of sp³-hybridized carbons (Fsp3) is 0.150. The number of ether oxygens (including phenoxy) is 2. The van der Waals surface area contributed by atoms with Crippen LogP contribution in [0.3, 0.4) is 0 Å². The average Bonchev–Trinajstić information content (AvgIpc) is 2.94. The van der Waals surface area contributed by atoms with E-state index in [2.05, 4.69) is 4.74 Å². The van der Waals surface area contributed by atoms with E-state index < -0.39 is 23.7 Å². The van der Waals surface area contributed by atoms with Crippen LogP contribution in [0.25, 0.3) is 6.08 Å². The third-order valence-electron chi connectivity index (χ3n) is 3.79. The molecule has 0 atom stereocenters. The van der Waals surface area contributed by atoms with Gasteiger partial charge in [-0.2, -0.15) is 0 Å². The van der Waals surface area contributed by atoms with Gasteiger partial charge in [0.15, 0.2) is 0 Å². The molecule has 0 aromatic heterocycles. The summed E-state index contributed by atoms with van der Waals surface area (Å²) in [6.07, 6.45) is 1.61. The average molecular weight is 383 g/mol. The second-order valence-electron chi connectivity index (χ2n) is 5.69. The van der Waals surface area contributed by atoms with Gasteiger partial charge in [-0.25, -0.2) is 0 Å². The Kier molecular flexibility index (Phi) is 5.93. The van der Waals surface area contributed by atoms with E-state index in [1.165, 1.54) is 7.11 Å². The van der Waals surface area contributed by atoms with E-state index in [4.69, 9.17) is 4.74 Å². The molecule has 1 heterocycles. The summed E-state index contributed by atoms with van der Waals surface area (Å²) in [5.74, 6) is -0.498. The van der Waals surface area contributed by atoms with Crippen LogP contribution in [0.2, 0.25) is 0 Å². The van der Waals surface area contributed by atoms with E-state index in [-0.39, 0.29) is 4.91 Å². The normalized spacial score (nSPS) is 15.3. The lowest BCUT2D eigenvalue weighted by Crippen LogP contribution is -2.34. The summed E-state index contributed by atoms with van der Waals surface area (Å²) >= 11 is 0.795. The van der Waals surface area contributed by atoms with Gasteiger partial charge in [-0.05, 0) is 41.1 Å². The first-order valence-electron chi connectivity index (χ1n) is 8.16.